The Bertz CT molecular complexity index is 955. The van der Waals surface area contributed by atoms with Crippen LogP contribution in [0.5, 0.6) is 0 Å². The monoisotopic (exact) mass is 390 g/mol. The molecular formula is C18H16ClFN4OS. The lowest BCUT2D eigenvalue weighted by Crippen LogP contribution is -2.38. The van der Waals surface area contributed by atoms with E-state index in [9.17, 15) is 9.18 Å². The summed E-state index contributed by atoms with van der Waals surface area (Å²) in [5.74, 6) is 0.286. The molecule has 1 saturated heterocycles. The van der Waals surface area contributed by atoms with E-state index in [0.29, 0.717) is 5.69 Å². The van der Waals surface area contributed by atoms with Crippen LogP contribution < -0.4 is 10.2 Å². The van der Waals surface area contributed by atoms with Gasteiger partial charge in [0.15, 0.2) is 0 Å². The van der Waals surface area contributed by atoms with Gasteiger partial charge in [0.05, 0.1) is 10.4 Å². The number of rotatable bonds is 3. The Kier molecular flexibility index (Phi) is 4.74. The Balaban J connectivity index is 1.40. The van der Waals surface area contributed by atoms with E-state index in [1.54, 1.807) is 17.7 Å². The summed E-state index contributed by atoms with van der Waals surface area (Å²) in [6.07, 6.45) is 3.05. The van der Waals surface area contributed by atoms with Gasteiger partial charge in [-0.25, -0.2) is 14.4 Å². The maximum Gasteiger partial charge on any atom is 0.227 e. The quantitative estimate of drug-likeness (QED) is 0.722. The van der Waals surface area contributed by atoms with Crippen molar-refractivity contribution in [1.82, 2.24) is 9.97 Å². The first kappa shape index (κ1) is 17.2. The minimum Gasteiger partial charge on any atom is -0.356 e. The van der Waals surface area contributed by atoms with Crippen LogP contribution in [0.4, 0.5) is 15.9 Å². The Morgan fingerprint density at radius 2 is 2.08 bits per heavy atom. The van der Waals surface area contributed by atoms with Crippen LogP contribution in [0.15, 0.2) is 36.0 Å². The van der Waals surface area contributed by atoms with Crippen LogP contribution in [-0.2, 0) is 4.79 Å². The van der Waals surface area contributed by atoms with E-state index >= 15 is 0 Å². The zero-order valence-electron chi connectivity index (χ0n) is 13.8. The lowest BCUT2D eigenvalue weighted by Gasteiger charge is -2.32. The average Bonchev–Trinajstić information content (AvgIpc) is 3.14. The lowest BCUT2D eigenvalue weighted by molar-refractivity contribution is -0.120. The summed E-state index contributed by atoms with van der Waals surface area (Å²) >= 11 is 7.36. The lowest BCUT2D eigenvalue weighted by atomic mass is 9.95. The highest BCUT2D eigenvalue weighted by Crippen LogP contribution is 2.30. The van der Waals surface area contributed by atoms with E-state index in [4.69, 9.17) is 11.6 Å². The van der Waals surface area contributed by atoms with Gasteiger partial charge in [-0.05, 0) is 42.5 Å². The first-order chi connectivity index (χ1) is 12.6. The molecule has 1 aromatic carbocycles. The van der Waals surface area contributed by atoms with Gasteiger partial charge in [-0.3, -0.25) is 4.79 Å². The summed E-state index contributed by atoms with van der Waals surface area (Å²) in [6.45, 7) is 1.51. The molecule has 4 rings (SSSR count). The summed E-state index contributed by atoms with van der Waals surface area (Å²) < 4.78 is 13.2. The van der Waals surface area contributed by atoms with Crippen molar-refractivity contribution in [3.63, 3.8) is 0 Å². The average molecular weight is 391 g/mol. The second kappa shape index (κ2) is 7.17. The van der Waals surface area contributed by atoms with Crippen molar-refractivity contribution in [3.8, 4) is 0 Å². The predicted octanol–water partition coefficient (Wildman–Crippen LogP) is 4.34. The van der Waals surface area contributed by atoms with E-state index in [-0.39, 0.29) is 16.8 Å². The number of halogens is 2. The molecule has 0 aliphatic carbocycles. The van der Waals surface area contributed by atoms with Crippen molar-refractivity contribution in [2.75, 3.05) is 23.3 Å². The molecule has 1 aliphatic rings. The standard InChI is InChI=1S/C18H16ClFN4OS/c19-14-9-12(1-2-15(14)20)23-17(25)11-3-6-24(7-4-11)16-13-5-8-26-18(13)22-10-21-16/h1-2,5,8-11H,3-4,6-7H2,(H,23,25). The van der Waals surface area contributed by atoms with E-state index < -0.39 is 5.82 Å². The molecule has 0 radical (unpaired) electrons. The second-order valence-corrected chi connectivity index (χ2v) is 7.52. The van der Waals surface area contributed by atoms with Gasteiger partial charge in [0, 0.05) is 24.7 Å². The molecule has 0 bridgehead atoms. The number of nitrogens with zero attached hydrogens (tertiary/aromatic N) is 3. The van der Waals surface area contributed by atoms with Gasteiger partial charge in [0.2, 0.25) is 5.91 Å². The molecule has 26 heavy (non-hydrogen) atoms. The molecule has 0 atom stereocenters. The second-order valence-electron chi connectivity index (χ2n) is 6.22. The molecule has 8 heteroatoms. The Morgan fingerprint density at radius 3 is 2.85 bits per heavy atom. The van der Waals surface area contributed by atoms with E-state index in [0.717, 1.165) is 42.0 Å². The predicted molar refractivity (Wildman–Crippen MR) is 102 cm³/mol. The van der Waals surface area contributed by atoms with Crippen molar-refractivity contribution in [3.05, 3.63) is 46.8 Å². The normalized spacial score (nSPS) is 15.4. The highest BCUT2D eigenvalue weighted by molar-refractivity contribution is 7.16. The third-order valence-corrected chi connectivity index (χ3v) is 5.70. The van der Waals surface area contributed by atoms with Gasteiger partial charge in [0.1, 0.15) is 22.8 Å². The maximum atomic E-state index is 13.2. The number of piperidine rings is 1. The molecule has 1 aliphatic heterocycles. The summed E-state index contributed by atoms with van der Waals surface area (Å²) in [5, 5.41) is 5.90. The number of amides is 1. The Morgan fingerprint density at radius 1 is 1.27 bits per heavy atom. The van der Waals surface area contributed by atoms with Gasteiger partial charge in [0.25, 0.3) is 0 Å². The number of fused-ring (bicyclic) bond motifs is 1. The number of carbonyl (C=O) groups is 1. The molecule has 0 saturated carbocycles. The van der Waals surface area contributed by atoms with Crippen LogP contribution in [0.3, 0.4) is 0 Å². The van der Waals surface area contributed by atoms with Crippen LogP contribution in [0.1, 0.15) is 12.8 Å². The molecule has 0 spiro atoms. The fraction of sp³-hybridized carbons (Fsp3) is 0.278. The number of hydrogen-bond donors (Lipinski definition) is 1. The molecule has 134 valence electrons. The smallest absolute Gasteiger partial charge is 0.227 e. The third kappa shape index (κ3) is 3.37. The minimum atomic E-state index is -0.498. The van der Waals surface area contributed by atoms with Crippen molar-refractivity contribution in [1.29, 1.82) is 0 Å². The van der Waals surface area contributed by atoms with Gasteiger partial charge in [-0.2, -0.15) is 0 Å². The van der Waals surface area contributed by atoms with Gasteiger partial charge in [-0.1, -0.05) is 11.6 Å². The van der Waals surface area contributed by atoms with Crippen LogP contribution >= 0.6 is 22.9 Å². The number of nitrogens with one attached hydrogen (secondary N) is 1. The van der Waals surface area contributed by atoms with Crippen LogP contribution in [-0.4, -0.2) is 29.0 Å². The number of hydrogen-bond acceptors (Lipinski definition) is 5. The van der Waals surface area contributed by atoms with Gasteiger partial charge >= 0.3 is 0 Å². The zero-order chi connectivity index (χ0) is 18.1. The van der Waals surface area contributed by atoms with Crippen molar-refractivity contribution < 1.29 is 9.18 Å². The van der Waals surface area contributed by atoms with Crippen LogP contribution in [0.25, 0.3) is 10.2 Å². The van der Waals surface area contributed by atoms with Crippen LogP contribution in [0, 0.1) is 11.7 Å². The van der Waals surface area contributed by atoms with Crippen molar-refractivity contribution >= 4 is 50.6 Å². The number of aromatic nitrogens is 2. The number of thiophene rings is 1. The largest absolute Gasteiger partial charge is 0.356 e. The number of benzene rings is 1. The minimum absolute atomic E-state index is 0.00107. The number of carbonyl (C=O) groups excluding carboxylic acids is 1. The van der Waals surface area contributed by atoms with Gasteiger partial charge < -0.3 is 10.2 Å². The molecule has 3 heterocycles. The maximum absolute atomic E-state index is 13.2. The Labute approximate surface area is 158 Å². The molecule has 2 aromatic heterocycles. The molecule has 0 unspecified atom stereocenters. The van der Waals surface area contributed by atoms with E-state index in [1.807, 2.05) is 11.4 Å². The highest BCUT2D eigenvalue weighted by atomic mass is 35.5. The zero-order valence-corrected chi connectivity index (χ0v) is 15.4. The Hall–Kier alpha value is -2.25. The molecule has 5 nitrogen and oxygen atoms in total. The fourth-order valence-corrected chi connectivity index (χ4v) is 4.11. The first-order valence-corrected chi connectivity index (χ1v) is 9.56. The van der Waals surface area contributed by atoms with E-state index in [1.165, 1.54) is 18.2 Å². The molecule has 1 N–H and O–H groups in total. The first-order valence-electron chi connectivity index (χ1n) is 8.31. The topological polar surface area (TPSA) is 58.1 Å². The molecule has 1 fully saturated rings. The third-order valence-electron chi connectivity index (χ3n) is 4.59. The summed E-state index contributed by atoms with van der Waals surface area (Å²) in [5.41, 5.74) is 0.514. The SMILES string of the molecule is O=C(Nc1ccc(F)c(Cl)c1)C1CCN(c2ncnc3sccc23)CC1. The summed E-state index contributed by atoms with van der Waals surface area (Å²) in [7, 11) is 0. The summed E-state index contributed by atoms with van der Waals surface area (Å²) in [6, 6.07) is 6.23. The number of anilines is 2. The fourth-order valence-electron chi connectivity index (χ4n) is 3.20. The van der Waals surface area contributed by atoms with E-state index in [2.05, 4.69) is 20.2 Å². The molecular weight excluding hydrogens is 375 g/mol. The van der Waals surface area contributed by atoms with Crippen molar-refractivity contribution in [2.45, 2.75) is 12.8 Å². The summed E-state index contributed by atoms with van der Waals surface area (Å²) in [4.78, 5) is 24.4. The molecule has 1 amide bonds. The van der Waals surface area contributed by atoms with Crippen LogP contribution in [0.2, 0.25) is 5.02 Å². The highest BCUT2D eigenvalue weighted by Gasteiger charge is 2.26. The van der Waals surface area contributed by atoms with Crippen molar-refractivity contribution in [2.24, 2.45) is 5.92 Å². The molecule has 3 aromatic rings. The van der Waals surface area contributed by atoms with Gasteiger partial charge in [-0.15, -0.1) is 11.3 Å².